The average Bonchev–Trinajstić information content (AvgIpc) is 2.91. The van der Waals surface area contributed by atoms with Gasteiger partial charge in [-0.2, -0.15) is 0 Å². The second kappa shape index (κ2) is 6.76. The lowest BCUT2D eigenvalue weighted by Gasteiger charge is -2.16. The second-order valence-corrected chi connectivity index (χ2v) is 5.62. The molecule has 0 bridgehead atoms. The van der Waals surface area contributed by atoms with E-state index in [0.29, 0.717) is 28.8 Å². The standard InChI is InChI=1S/C17H18FN5O2/c1-3-13(23-17(24)22-11-7-20-16(19)21-8-11)15-9(2)12-6-10(18)4-5-14(12)25-15/h4-8,13H,3H2,1-2H3,(H2,19,20,21)(H2,22,23,24)/t13-/m1/s1. The van der Waals surface area contributed by atoms with Crippen LogP contribution in [0.1, 0.15) is 30.7 Å². The van der Waals surface area contributed by atoms with Crippen LogP contribution in [0.5, 0.6) is 0 Å². The minimum Gasteiger partial charge on any atom is -0.459 e. The molecule has 0 aliphatic rings. The molecule has 25 heavy (non-hydrogen) atoms. The van der Waals surface area contributed by atoms with Gasteiger partial charge in [0.25, 0.3) is 0 Å². The maximum absolute atomic E-state index is 13.4. The fourth-order valence-electron chi connectivity index (χ4n) is 2.63. The molecule has 1 aromatic carbocycles. The highest BCUT2D eigenvalue weighted by atomic mass is 19.1. The number of fused-ring (bicyclic) bond motifs is 1. The number of furan rings is 1. The first-order valence-corrected chi connectivity index (χ1v) is 7.81. The fraction of sp³-hybridized carbons (Fsp3) is 0.235. The Bertz CT molecular complexity index is 907. The highest BCUT2D eigenvalue weighted by Crippen LogP contribution is 2.31. The fourth-order valence-corrected chi connectivity index (χ4v) is 2.63. The number of benzene rings is 1. The van der Waals surface area contributed by atoms with Crippen LogP contribution in [0.15, 0.2) is 35.0 Å². The number of amides is 2. The van der Waals surface area contributed by atoms with Gasteiger partial charge in [-0.25, -0.2) is 19.2 Å². The maximum atomic E-state index is 13.4. The highest BCUT2D eigenvalue weighted by Gasteiger charge is 2.21. The average molecular weight is 343 g/mol. The van der Waals surface area contributed by atoms with Gasteiger partial charge in [0.05, 0.1) is 24.1 Å². The highest BCUT2D eigenvalue weighted by molar-refractivity contribution is 5.89. The summed E-state index contributed by atoms with van der Waals surface area (Å²) in [5.41, 5.74) is 7.22. The SMILES string of the molecule is CC[C@@H](NC(=O)Nc1cnc(N)nc1)c1oc2ccc(F)cc2c1C. The molecule has 0 radical (unpaired) electrons. The van der Waals surface area contributed by atoms with Gasteiger partial charge in [-0.1, -0.05) is 6.92 Å². The molecule has 7 nitrogen and oxygen atoms in total. The summed E-state index contributed by atoms with van der Waals surface area (Å²) in [6.45, 7) is 3.77. The lowest BCUT2D eigenvalue weighted by molar-refractivity contribution is 0.246. The van der Waals surface area contributed by atoms with E-state index in [0.717, 1.165) is 5.56 Å². The second-order valence-electron chi connectivity index (χ2n) is 5.62. The molecule has 130 valence electrons. The zero-order valence-corrected chi connectivity index (χ0v) is 13.8. The van der Waals surface area contributed by atoms with E-state index in [-0.39, 0.29) is 17.8 Å². The number of nitrogen functional groups attached to an aromatic ring is 1. The van der Waals surface area contributed by atoms with E-state index in [4.69, 9.17) is 10.2 Å². The molecule has 3 rings (SSSR count). The Labute approximate surface area is 143 Å². The summed E-state index contributed by atoms with van der Waals surface area (Å²) < 4.78 is 19.3. The van der Waals surface area contributed by atoms with Crippen molar-refractivity contribution in [1.82, 2.24) is 15.3 Å². The summed E-state index contributed by atoms with van der Waals surface area (Å²) in [5.74, 6) is 0.402. The molecule has 2 aromatic heterocycles. The third-order valence-corrected chi connectivity index (χ3v) is 3.89. The Kier molecular flexibility index (Phi) is 4.51. The normalized spacial score (nSPS) is 12.1. The molecule has 1 atom stereocenters. The van der Waals surface area contributed by atoms with Crippen LogP contribution in [0.2, 0.25) is 0 Å². The molecular formula is C17H18FN5O2. The Morgan fingerprint density at radius 1 is 1.36 bits per heavy atom. The molecular weight excluding hydrogens is 325 g/mol. The number of urea groups is 1. The Hall–Kier alpha value is -3.16. The molecule has 0 saturated heterocycles. The monoisotopic (exact) mass is 343 g/mol. The van der Waals surface area contributed by atoms with E-state index in [1.54, 1.807) is 6.07 Å². The van der Waals surface area contributed by atoms with Gasteiger partial charge < -0.3 is 20.8 Å². The quantitative estimate of drug-likeness (QED) is 0.672. The van der Waals surface area contributed by atoms with Crippen molar-refractivity contribution >= 4 is 28.6 Å². The van der Waals surface area contributed by atoms with Gasteiger partial charge in [0, 0.05) is 10.9 Å². The summed E-state index contributed by atoms with van der Waals surface area (Å²) >= 11 is 0. The zero-order chi connectivity index (χ0) is 18.0. The third kappa shape index (κ3) is 3.52. The number of carbonyl (C=O) groups excluding carboxylic acids is 1. The van der Waals surface area contributed by atoms with Crippen molar-refractivity contribution in [3.8, 4) is 0 Å². The van der Waals surface area contributed by atoms with Crippen LogP contribution in [0.3, 0.4) is 0 Å². The lowest BCUT2D eigenvalue weighted by Crippen LogP contribution is -2.32. The molecule has 8 heteroatoms. The van der Waals surface area contributed by atoms with Crippen molar-refractivity contribution in [2.24, 2.45) is 0 Å². The Morgan fingerprint density at radius 3 is 2.76 bits per heavy atom. The number of hydrogen-bond acceptors (Lipinski definition) is 5. The molecule has 2 amide bonds. The van der Waals surface area contributed by atoms with Gasteiger partial charge in [-0.15, -0.1) is 0 Å². The predicted octanol–water partition coefficient (Wildman–Crippen LogP) is 3.53. The Morgan fingerprint density at radius 2 is 2.08 bits per heavy atom. The first-order chi connectivity index (χ1) is 12.0. The van der Waals surface area contributed by atoms with Crippen LogP contribution in [-0.2, 0) is 0 Å². The van der Waals surface area contributed by atoms with E-state index in [9.17, 15) is 9.18 Å². The van der Waals surface area contributed by atoms with E-state index in [1.165, 1.54) is 24.5 Å². The number of hydrogen-bond donors (Lipinski definition) is 3. The molecule has 0 spiro atoms. The van der Waals surface area contributed by atoms with Crippen molar-refractivity contribution in [2.75, 3.05) is 11.1 Å². The topological polar surface area (TPSA) is 106 Å². The van der Waals surface area contributed by atoms with E-state index < -0.39 is 6.03 Å². The summed E-state index contributed by atoms with van der Waals surface area (Å²) in [6, 6.07) is 3.57. The van der Waals surface area contributed by atoms with Gasteiger partial charge in [0.1, 0.15) is 17.2 Å². The largest absolute Gasteiger partial charge is 0.459 e. The van der Waals surface area contributed by atoms with Crippen LogP contribution in [-0.4, -0.2) is 16.0 Å². The number of nitrogens with zero attached hydrogens (tertiary/aromatic N) is 2. The number of nitrogens with two attached hydrogens (primary N) is 1. The third-order valence-electron chi connectivity index (χ3n) is 3.89. The van der Waals surface area contributed by atoms with E-state index in [2.05, 4.69) is 20.6 Å². The first-order valence-electron chi connectivity index (χ1n) is 7.81. The number of anilines is 2. The predicted molar refractivity (Wildman–Crippen MR) is 92.5 cm³/mol. The van der Waals surface area contributed by atoms with Crippen molar-refractivity contribution in [3.05, 3.63) is 47.7 Å². The number of aryl methyl sites for hydroxylation is 1. The van der Waals surface area contributed by atoms with E-state index in [1.807, 2.05) is 13.8 Å². The maximum Gasteiger partial charge on any atom is 0.319 e. The summed E-state index contributed by atoms with van der Waals surface area (Å²) in [5, 5.41) is 6.17. The molecule has 3 aromatic rings. The van der Waals surface area contributed by atoms with Crippen molar-refractivity contribution < 1.29 is 13.6 Å². The van der Waals surface area contributed by atoms with Crippen molar-refractivity contribution in [2.45, 2.75) is 26.3 Å². The number of carbonyl (C=O) groups is 1. The summed E-state index contributed by atoms with van der Waals surface area (Å²) in [6.07, 6.45) is 3.44. The van der Waals surface area contributed by atoms with Gasteiger partial charge in [0.15, 0.2) is 0 Å². The number of rotatable bonds is 4. The van der Waals surface area contributed by atoms with Crippen LogP contribution in [0.25, 0.3) is 11.0 Å². The van der Waals surface area contributed by atoms with Gasteiger partial charge >= 0.3 is 6.03 Å². The van der Waals surface area contributed by atoms with Gasteiger partial charge in [0.2, 0.25) is 5.95 Å². The zero-order valence-electron chi connectivity index (χ0n) is 13.8. The van der Waals surface area contributed by atoms with Crippen LogP contribution in [0, 0.1) is 12.7 Å². The Balaban J connectivity index is 1.79. The van der Waals surface area contributed by atoms with Crippen LogP contribution >= 0.6 is 0 Å². The lowest BCUT2D eigenvalue weighted by atomic mass is 10.1. The number of halogens is 1. The number of aromatic nitrogens is 2. The summed E-state index contributed by atoms with van der Waals surface area (Å²) in [7, 11) is 0. The molecule has 0 unspecified atom stereocenters. The van der Waals surface area contributed by atoms with Gasteiger partial charge in [-0.05, 0) is 31.5 Å². The van der Waals surface area contributed by atoms with Crippen molar-refractivity contribution in [3.63, 3.8) is 0 Å². The minimum atomic E-state index is -0.425. The molecule has 0 aliphatic heterocycles. The van der Waals surface area contributed by atoms with Gasteiger partial charge in [-0.3, -0.25) is 0 Å². The minimum absolute atomic E-state index is 0.127. The smallest absolute Gasteiger partial charge is 0.319 e. The van der Waals surface area contributed by atoms with Crippen LogP contribution in [0.4, 0.5) is 20.8 Å². The molecule has 0 fully saturated rings. The van der Waals surface area contributed by atoms with Crippen LogP contribution < -0.4 is 16.4 Å². The summed E-state index contributed by atoms with van der Waals surface area (Å²) in [4.78, 5) is 19.8. The van der Waals surface area contributed by atoms with E-state index >= 15 is 0 Å². The molecule has 0 saturated carbocycles. The van der Waals surface area contributed by atoms with Crippen molar-refractivity contribution in [1.29, 1.82) is 0 Å². The molecule has 2 heterocycles. The number of nitrogens with one attached hydrogen (secondary N) is 2. The molecule has 4 N–H and O–H groups in total. The first kappa shape index (κ1) is 16.7. The molecule has 0 aliphatic carbocycles.